The maximum atomic E-state index is 12.7. The number of amides is 1. The molecule has 1 amide bonds. The summed E-state index contributed by atoms with van der Waals surface area (Å²) in [4.78, 5) is 28.2. The Balaban J connectivity index is 1.56. The molecule has 1 aromatic heterocycles. The molecule has 122 valence electrons. The summed E-state index contributed by atoms with van der Waals surface area (Å²) in [6.07, 6.45) is 0.671. The number of halogens is 1. The number of aromatic nitrogens is 1. The molecule has 1 unspecified atom stereocenters. The molecule has 4 rings (SSSR count). The molecule has 1 saturated heterocycles. The van der Waals surface area contributed by atoms with Crippen molar-refractivity contribution in [2.45, 2.75) is 12.5 Å². The molecule has 1 aliphatic rings. The van der Waals surface area contributed by atoms with Crippen molar-refractivity contribution in [1.82, 2.24) is 4.98 Å². The number of hydrogen-bond acceptors (Lipinski definition) is 4. The normalized spacial score (nSPS) is 17.6. The number of para-hydroxylation sites is 1. The lowest BCUT2D eigenvalue weighted by molar-refractivity contribution is -0.117. The van der Waals surface area contributed by atoms with Gasteiger partial charge in [0.05, 0.1) is 16.2 Å². The number of fused-ring (bicyclic) bond motifs is 1. The van der Waals surface area contributed by atoms with E-state index < -0.39 is 5.76 Å². The van der Waals surface area contributed by atoms with Crippen LogP contribution in [-0.2, 0) is 4.79 Å². The van der Waals surface area contributed by atoms with E-state index in [1.54, 1.807) is 29.2 Å². The van der Waals surface area contributed by atoms with E-state index in [1.807, 2.05) is 18.2 Å². The number of nitrogens with one attached hydrogen (secondary N) is 2. The van der Waals surface area contributed by atoms with Gasteiger partial charge in [-0.25, -0.2) is 4.79 Å². The van der Waals surface area contributed by atoms with Gasteiger partial charge in [-0.3, -0.25) is 9.78 Å². The number of aromatic amines is 1. The lowest BCUT2D eigenvalue weighted by Crippen LogP contribution is -2.33. The van der Waals surface area contributed by atoms with Gasteiger partial charge in [-0.15, -0.1) is 0 Å². The van der Waals surface area contributed by atoms with Gasteiger partial charge in [0, 0.05) is 12.2 Å². The third kappa shape index (κ3) is 2.55. The molecule has 0 aliphatic carbocycles. The highest BCUT2D eigenvalue weighted by Gasteiger charge is 2.33. The quantitative estimate of drug-likeness (QED) is 0.766. The molecule has 0 radical (unpaired) electrons. The van der Waals surface area contributed by atoms with E-state index in [4.69, 9.17) is 16.0 Å². The number of H-pyrrole nitrogens is 1. The highest BCUT2D eigenvalue weighted by molar-refractivity contribution is 6.34. The standard InChI is InChI=1S/C17H14ClN3O3/c18-11-3-1-2-4-14(11)21-8-7-12(16(21)22)19-10-5-6-15-13(9-10)20-17(23)24-15/h1-6,9,12,19H,7-8H2,(H,20,23). The van der Waals surface area contributed by atoms with Crippen LogP contribution < -0.4 is 16.0 Å². The summed E-state index contributed by atoms with van der Waals surface area (Å²) >= 11 is 6.19. The van der Waals surface area contributed by atoms with Gasteiger partial charge in [-0.2, -0.15) is 0 Å². The predicted molar refractivity (Wildman–Crippen MR) is 92.7 cm³/mol. The zero-order chi connectivity index (χ0) is 16.7. The molecule has 1 fully saturated rings. The molecule has 2 heterocycles. The number of benzene rings is 2. The van der Waals surface area contributed by atoms with Gasteiger partial charge in [0.2, 0.25) is 5.91 Å². The van der Waals surface area contributed by atoms with Gasteiger partial charge in [0.25, 0.3) is 0 Å². The Bertz CT molecular complexity index is 978. The fourth-order valence-corrected chi connectivity index (χ4v) is 3.20. The fourth-order valence-electron chi connectivity index (χ4n) is 2.97. The number of carbonyl (C=O) groups excluding carboxylic acids is 1. The zero-order valence-electron chi connectivity index (χ0n) is 12.6. The Morgan fingerprint density at radius 1 is 1.21 bits per heavy atom. The van der Waals surface area contributed by atoms with Crippen LogP contribution in [-0.4, -0.2) is 23.5 Å². The minimum Gasteiger partial charge on any atom is -0.408 e. The fraction of sp³-hybridized carbons (Fsp3) is 0.176. The SMILES string of the molecule is O=C1C(Nc2ccc3oc(=O)[nH]c3c2)CCN1c1ccccc1Cl. The van der Waals surface area contributed by atoms with Gasteiger partial charge in [0.15, 0.2) is 5.58 Å². The number of carbonyl (C=O) groups is 1. The molecule has 2 aromatic carbocycles. The van der Waals surface area contributed by atoms with E-state index in [2.05, 4.69) is 10.3 Å². The highest BCUT2D eigenvalue weighted by Crippen LogP contribution is 2.30. The molecule has 1 aliphatic heterocycles. The van der Waals surface area contributed by atoms with Crippen LogP contribution in [0.3, 0.4) is 0 Å². The van der Waals surface area contributed by atoms with Crippen LogP contribution in [0.4, 0.5) is 11.4 Å². The summed E-state index contributed by atoms with van der Waals surface area (Å²) in [6.45, 7) is 0.602. The topological polar surface area (TPSA) is 78.3 Å². The molecule has 1 atom stereocenters. The average Bonchev–Trinajstić information content (AvgIpc) is 3.10. The first kappa shape index (κ1) is 14.8. The average molecular weight is 344 g/mol. The summed E-state index contributed by atoms with van der Waals surface area (Å²) < 4.78 is 4.97. The van der Waals surface area contributed by atoms with Crippen molar-refractivity contribution in [3.63, 3.8) is 0 Å². The Kier molecular flexibility index (Phi) is 3.54. The number of nitrogens with zero attached hydrogens (tertiary/aromatic N) is 1. The summed E-state index contributed by atoms with van der Waals surface area (Å²) in [5.74, 6) is -0.520. The van der Waals surface area contributed by atoms with E-state index in [1.165, 1.54) is 0 Å². The Labute approximate surface area is 142 Å². The van der Waals surface area contributed by atoms with E-state index in [0.717, 1.165) is 11.4 Å². The molecule has 0 spiro atoms. The molecule has 24 heavy (non-hydrogen) atoms. The first-order valence-electron chi connectivity index (χ1n) is 7.57. The Hall–Kier alpha value is -2.73. The number of hydrogen-bond donors (Lipinski definition) is 2. The van der Waals surface area contributed by atoms with Gasteiger partial charge < -0.3 is 14.6 Å². The van der Waals surface area contributed by atoms with Crippen LogP contribution >= 0.6 is 11.6 Å². The monoisotopic (exact) mass is 343 g/mol. The minimum atomic E-state index is -0.496. The van der Waals surface area contributed by atoms with E-state index >= 15 is 0 Å². The third-order valence-corrected chi connectivity index (χ3v) is 4.43. The van der Waals surface area contributed by atoms with Crippen molar-refractivity contribution in [3.8, 4) is 0 Å². The van der Waals surface area contributed by atoms with Crippen LogP contribution in [0.15, 0.2) is 51.7 Å². The maximum absolute atomic E-state index is 12.7. The molecular formula is C17H14ClN3O3. The summed E-state index contributed by atoms with van der Waals surface area (Å²) in [5, 5.41) is 3.77. The summed E-state index contributed by atoms with van der Waals surface area (Å²) in [6, 6.07) is 12.2. The smallest absolute Gasteiger partial charge is 0.408 e. The molecule has 3 aromatic rings. The molecule has 0 saturated carbocycles. The summed E-state index contributed by atoms with van der Waals surface area (Å²) in [7, 11) is 0. The molecular weight excluding hydrogens is 330 g/mol. The van der Waals surface area contributed by atoms with Crippen molar-refractivity contribution in [2.75, 3.05) is 16.8 Å². The van der Waals surface area contributed by atoms with E-state index in [9.17, 15) is 9.59 Å². The Morgan fingerprint density at radius 2 is 2.04 bits per heavy atom. The van der Waals surface area contributed by atoms with Crippen molar-refractivity contribution in [2.24, 2.45) is 0 Å². The van der Waals surface area contributed by atoms with Crippen LogP contribution in [0.2, 0.25) is 5.02 Å². The van der Waals surface area contributed by atoms with Crippen LogP contribution in [0.1, 0.15) is 6.42 Å². The van der Waals surface area contributed by atoms with Gasteiger partial charge in [-0.1, -0.05) is 23.7 Å². The van der Waals surface area contributed by atoms with Crippen LogP contribution in [0.5, 0.6) is 0 Å². The number of anilines is 2. The number of rotatable bonds is 3. The second-order valence-electron chi connectivity index (χ2n) is 5.65. The van der Waals surface area contributed by atoms with Gasteiger partial charge >= 0.3 is 5.76 Å². The van der Waals surface area contributed by atoms with Crippen LogP contribution in [0, 0.1) is 0 Å². The zero-order valence-corrected chi connectivity index (χ0v) is 13.3. The second-order valence-corrected chi connectivity index (χ2v) is 6.06. The minimum absolute atomic E-state index is 0.0242. The second kappa shape index (κ2) is 5.72. The molecule has 0 bridgehead atoms. The lowest BCUT2D eigenvalue weighted by atomic mass is 10.2. The Morgan fingerprint density at radius 3 is 2.88 bits per heavy atom. The summed E-state index contributed by atoms with van der Waals surface area (Å²) in [5.41, 5.74) is 2.56. The van der Waals surface area contributed by atoms with Crippen LogP contribution in [0.25, 0.3) is 11.1 Å². The largest absolute Gasteiger partial charge is 0.417 e. The first-order valence-corrected chi connectivity index (χ1v) is 7.95. The molecule has 7 heteroatoms. The molecule has 2 N–H and O–H groups in total. The van der Waals surface area contributed by atoms with Crippen molar-refractivity contribution in [3.05, 3.63) is 58.0 Å². The first-order chi connectivity index (χ1) is 11.6. The van der Waals surface area contributed by atoms with Gasteiger partial charge in [0.1, 0.15) is 6.04 Å². The molecule has 6 nitrogen and oxygen atoms in total. The van der Waals surface area contributed by atoms with Crippen molar-refractivity contribution in [1.29, 1.82) is 0 Å². The van der Waals surface area contributed by atoms with Crippen molar-refractivity contribution >= 4 is 40.0 Å². The maximum Gasteiger partial charge on any atom is 0.417 e. The van der Waals surface area contributed by atoms with Gasteiger partial charge in [-0.05, 0) is 36.8 Å². The van der Waals surface area contributed by atoms with Crippen molar-refractivity contribution < 1.29 is 9.21 Å². The van der Waals surface area contributed by atoms with E-state index in [-0.39, 0.29) is 11.9 Å². The third-order valence-electron chi connectivity index (χ3n) is 4.11. The number of oxazole rings is 1. The highest BCUT2D eigenvalue weighted by atomic mass is 35.5. The lowest BCUT2D eigenvalue weighted by Gasteiger charge is -2.18. The van der Waals surface area contributed by atoms with E-state index in [0.29, 0.717) is 29.1 Å². The predicted octanol–water partition coefficient (Wildman–Crippen LogP) is 2.99.